The van der Waals surface area contributed by atoms with E-state index >= 15 is 0 Å². The number of hydrogen-bond donors (Lipinski definition) is 0. The monoisotopic (exact) mass is 203 g/mol. The SMILES string of the molecule is C[N-]OC(=[N-])C(C)C.[Y]. The standard InChI is InChI=1S/C5H10N2O.Y/c1-4(2)5(6)8-7-3;/h4H,1-3H3;/q-2;. The normalized spacial score (nSPS) is 8.44. The van der Waals surface area contributed by atoms with Gasteiger partial charge in [0.2, 0.25) is 0 Å². The maximum Gasteiger partial charge on any atom is 0 e. The molecule has 0 aliphatic heterocycles. The smallest absolute Gasteiger partial charge is 0 e. The zero-order chi connectivity index (χ0) is 6.57. The molecule has 0 fully saturated rings. The largest absolute Gasteiger partial charge is 0.777 e. The van der Waals surface area contributed by atoms with E-state index in [4.69, 9.17) is 5.41 Å². The molecule has 0 rings (SSSR count). The van der Waals surface area contributed by atoms with Gasteiger partial charge in [-0.25, -0.2) is 0 Å². The average molecular weight is 203 g/mol. The first-order valence-corrected chi connectivity index (χ1v) is 2.50. The van der Waals surface area contributed by atoms with Crippen molar-refractivity contribution in [2.75, 3.05) is 7.05 Å². The van der Waals surface area contributed by atoms with Crippen molar-refractivity contribution in [1.82, 2.24) is 0 Å². The van der Waals surface area contributed by atoms with E-state index in [1.54, 1.807) is 0 Å². The van der Waals surface area contributed by atoms with Crippen LogP contribution in [0.15, 0.2) is 0 Å². The molecule has 0 N–H and O–H groups in total. The Kier molecular flexibility index (Phi) is 9.04. The van der Waals surface area contributed by atoms with Crippen molar-refractivity contribution < 1.29 is 37.5 Å². The van der Waals surface area contributed by atoms with Crippen LogP contribution in [0.5, 0.6) is 0 Å². The molecule has 0 aliphatic carbocycles. The quantitative estimate of drug-likeness (QED) is 0.381. The van der Waals surface area contributed by atoms with Crippen LogP contribution in [0.1, 0.15) is 13.8 Å². The topological polar surface area (TPSA) is 45.6 Å². The fraction of sp³-hybridized carbons (Fsp3) is 0.800. The molecule has 0 saturated heterocycles. The summed E-state index contributed by atoms with van der Waals surface area (Å²) < 4.78 is 0. The van der Waals surface area contributed by atoms with E-state index in [-0.39, 0.29) is 44.5 Å². The van der Waals surface area contributed by atoms with Gasteiger partial charge in [-0.3, -0.25) is 0 Å². The second-order valence-corrected chi connectivity index (χ2v) is 1.77. The molecule has 0 unspecified atom stereocenters. The van der Waals surface area contributed by atoms with Crippen LogP contribution in [-0.2, 0) is 37.5 Å². The molecule has 0 aromatic carbocycles. The first kappa shape index (κ1) is 12.2. The zero-order valence-electron chi connectivity index (χ0n) is 5.96. The molecular weight excluding hydrogens is 193 g/mol. The predicted molar refractivity (Wildman–Crippen MR) is 33.6 cm³/mol. The summed E-state index contributed by atoms with van der Waals surface area (Å²) in [5.74, 6) is -0.00815. The molecule has 0 bridgehead atoms. The van der Waals surface area contributed by atoms with Gasteiger partial charge in [-0.1, -0.05) is 13.8 Å². The summed E-state index contributed by atoms with van der Waals surface area (Å²) >= 11 is 0. The number of hydroxylamine groups is 1. The van der Waals surface area contributed by atoms with Gasteiger partial charge < -0.3 is 15.7 Å². The van der Waals surface area contributed by atoms with Crippen LogP contribution in [0.25, 0.3) is 10.9 Å². The Labute approximate surface area is 80.9 Å². The average Bonchev–Trinajstić information content (AvgIpc) is 1.67. The Hall–Kier alpha value is 0.534. The molecule has 1 radical (unpaired) electrons. The van der Waals surface area contributed by atoms with E-state index in [2.05, 4.69) is 10.3 Å². The molecule has 4 heteroatoms. The third kappa shape index (κ3) is 6.42. The molecule has 51 valence electrons. The molecule has 0 aromatic rings. The minimum absolute atomic E-state index is 0. The molecule has 0 spiro atoms. The fourth-order valence-electron chi connectivity index (χ4n) is 0.199. The zero-order valence-corrected chi connectivity index (χ0v) is 8.80. The van der Waals surface area contributed by atoms with E-state index in [0.29, 0.717) is 0 Å². The first-order valence-electron chi connectivity index (χ1n) is 2.50. The van der Waals surface area contributed by atoms with Crippen LogP contribution in [0.3, 0.4) is 0 Å². The number of rotatable bonds is 2. The van der Waals surface area contributed by atoms with Crippen LogP contribution >= 0.6 is 0 Å². The molecule has 3 nitrogen and oxygen atoms in total. The summed E-state index contributed by atoms with van der Waals surface area (Å²) in [5.41, 5.74) is 3.27. The molecular formula is C5H10N2OY-2. The summed E-state index contributed by atoms with van der Waals surface area (Å²) in [6.45, 7) is 3.64. The van der Waals surface area contributed by atoms with E-state index < -0.39 is 0 Å². The summed E-state index contributed by atoms with van der Waals surface area (Å²) in [7, 11) is 1.47. The molecule has 9 heavy (non-hydrogen) atoms. The van der Waals surface area contributed by atoms with Crippen molar-refractivity contribution in [3.05, 3.63) is 10.9 Å². The third-order valence-corrected chi connectivity index (χ3v) is 0.679. The van der Waals surface area contributed by atoms with Crippen LogP contribution in [0, 0.1) is 5.92 Å². The number of hydrogen-bond acceptors (Lipinski definition) is 1. The number of nitrogens with zero attached hydrogens (tertiary/aromatic N) is 2. The van der Waals surface area contributed by atoms with E-state index in [0.717, 1.165) is 0 Å². The van der Waals surface area contributed by atoms with Gasteiger partial charge in [0.1, 0.15) is 0 Å². The summed E-state index contributed by atoms with van der Waals surface area (Å²) in [6, 6.07) is 0. The Morgan fingerprint density at radius 3 is 2.11 bits per heavy atom. The molecule has 0 aliphatic rings. The minimum atomic E-state index is -0.0347. The first-order chi connectivity index (χ1) is 3.68. The molecule has 0 amide bonds. The van der Waals surface area contributed by atoms with Gasteiger partial charge in [0, 0.05) is 32.7 Å². The predicted octanol–water partition coefficient (Wildman–Crippen LogP) is 1.54. The Balaban J connectivity index is 0. The van der Waals surface area contributed by atoms with Gasteiger partial charge in [-0.05, 0) is 11.8 Å². The second kappa shape index (κ2) is 6.65. The Bertz CT molecular complexity index is 85.0. The maximum atomic E-state index is 8.73. The van der Waals surface area contributed by atoms with Crippen LogP contribution in [-0.4, -0.2) is 12.9 Å². The summed E-state index contributed by atoms with van der Waals surface area (Å²) in [6.07, 6.45) is 0. The van der Waals surface area contributed by atoms with Crippen LogP contribution in [0.2, 0.25) is 0 Å². The fourth-order valence-corrected chi connectivity index (χ4v) is 0.199. The molecule has 0 heterocycles. The van der Waals surface area contributed by atoms with Crippen LogP contribution in [0.4, 0.5) is 0 Å². The van der Waals surface area contributed by atoms with Crippen molar-refractivity contribution in [3.8, 4) is 0 Å². The van der Waals surface area contributed by atoms with Crippen molar-refractivity contribution in [2.45, 2.75) is 13.8 Å². The van der Waals surface area contributed by atoms with Crippen molar-refractivity contribution in [1.29, 1.82) is 0 Å². The van der Waals surface area contributed by atoms with Crippen molar-refractivity contribution in [2.24, 2.45) is 5.92 Å². The van der Waals surface area contributed by atoms with Crippen LogP contribution < -0.4 is 0 Å². The van der Waals surface area contributed by atoms with Gasteiger partial charge in [-0.15, -0.1) is 7.05 Å². The second-order valence-electron chi connectivity index (χ2n) is 1.77. The molecule has 0 aromatic heterocycles. The van der Waals surface area contributed by atoms with Crippen molar-refractivity contribution >= 4 is 5.90 Å². The van der Waals surface area contributed by atoms with Gasteiger partial charge in [0.15, 0.2) is 0 Å². The summed E-state index contributed by atoms with van der Waals surface area (Å²) in [5, 5.41) is 8.73. The molecule has 0 saturated carbocycles. The third-order valence-electron chi connectivity index (χ3n) is 0.679. The van der Waals surface area contributed by atoms with E-state index in [1.165, 1.54) is 7.05 Å². The van der Waals surface area contributed by atoms with E-state index in [1.807, 2.05) is 13.8 Å². The maximum absolute atomic E-state index is 8.73. The Morgan fingerprint density at radius 1 is 1.56 bits per heavy atom. The molecule has 0 atom stereocenters. The van der Waals surface area contributed by atoms with Gasteiger partial charge in [-0.2, -0.15) is 0 Å². The van der Waals surface area contributed by atoms with Gasteiger partial charge in [0.05, 0.1) is 0 Å². The minimum Gasteiger partial charge on any atom is -0.777 e. The van der Waals surface area contributed by atoms with E-state index in [9.17, 15) is 0 Å². The van der Waals surface area contributed by atoms with Gasteiger partial charge in [0.25, 0.3) is 0 Å². The van der Waals surface area contributed by atoms with Gasteiger partial charge >= 0.3 is 0 Å². The Morgan fingerprint density at radius 2 is 2.00 bits per heavy atom. The van der Waals surface area contributed by atoms with Crippen molar-refractivity contribution in [3.63, 3.8) is 0 Å². The summed E-state index contributed by atoms with van der Waals surface area (Å²) in [4.78, 5) is 4.40.